The molecule has 0 spiro atoms. The van der Waals surface area contributed by atoms with Gasteiger partial charge in [0.05, 0.1) is 23.0 Å². The van der Waals surface area contributed by atoms with Gasteiger partial charge in [0.25, 0.3) is 0 Å². The highest BCUT2D eigenvalue weighted by Gasteiger charge is 2.54. The van der Waals surface area contributed by atoms with Crippen molar-refractivity contribution in [1.82, 2.24) is 19.4 Å². The van der Waals surface area contributed by atoms with Crippen molar-refractivity contribution in [3.63, 3.8) is 0 Å². The third-order valence-corrected chi connectivity index (χ3v) is 5.85. The number of aliphatic carboxylic acids is 1. The summed E-state index contributed by atoms with van der Waals surface area (Å²) in [6.45, 7) is 3.80. The van der Waals surface area contributed by atoms with E-state index in [9.17, 15) is 9.90 Å². The molecule has 0 amide bonds. The van der Waals surface area contributed by atoms with Crippen molar-refractivity contribution >= 4 is 17.0 Å². The summed E-state index contributed by atoms with van der Waals surface area (Å²) in [6.07, 6.45) is 0.960. The van der Waals surface area contributed by atoms with Crippen LogP contribution >= 0.6 is 0 Å². The van der Waals surface area contributed by atoms with Gasteiger partial charge in [-0.05, 0) is 38.1 Å². The van der Waals surface area contributed by atoms with E-state index in [1.807, 2.05) is 32.3 Å². The number of hydrogen-bond donors (Lipinski definition) is 1. The quantitative estimate of drug-likeness (QED) is 0.923. The molecule has 1 aromatic heterocycles. The van der Waals surface area contributed by atoms with Gasteiger partial charge in [0.2, 0.25) is 0 Å². The van der Waals surface area contributed by atoms with Crippen LogP contribution in [-0.4, -0.2) is 63.7 Å². The molecule has 6 heteroatoms. The Labute approximate surface area is 141 Å². The number of fused-ring (bicyclic) bond motifs is 2. The SMILES string of the molecule is CN1CCC2CN(Cc3nc4ccccc4n3C)CC2(C(=O)O)C1. The van der Waals surface area contributed by atoms with E-state index in [-0.39, 0.29) is 5.92 Å². The molecule has 0 saturated carbocycles. The molecule has 1 aromatic carbocycles. The Morgan fingerprint density at radius 2 is 2.12 bits per heavy atom. The number of aromatic nitrogens is 2. The van der Waals surface area contributed by atoms with Crippen molar-refractivity contribution in [3.8, 4) is 0 Å². The molecule has 2 saturated heterocycles. The van der Waals surface area contributed by atoms with E-state index in [1.165, 1.54) is 0 Å². The second kappa shape index (κ2) is 5.57. The summed E-state index contributed by atoms with van der Waals surface area (Å²) in [5, 5.41) is 9.90. The highest BCUT2D eigenvalue weighted by molar-refractivity contribution is 5.77. The van der Waals surface area contributed by atoms with Crippen molar-refractivity contribution in [2.24, 2.45) is 18.4 Å². The number of para-hydroxylation sites is 2. The number of carboxylic acids is 1. The number of imidazole rings is 1. The van der Waals surface area contributed by atoms with Crippen LogP contribution in [0.2, 0.25) is 0 Å². The minimum atomic E-state index is -0.647. The highest BCUT2D eigenvalue weighted by atomic mass is 16.4. The minimum Gasteiger partial charge on any atom is -0.481 e. The molecule has 128 valence electrons. The Morgan fingerprint density at radius 1 is 1.33 bits per heavy atom. The van der Waals surface area contributed by atoms with E-state index in [0.717, 1.165) is 36.4 Å². The molecule has 2 atom stereocenters. The lowest BCUT2D eigenvalue weighted by Gasteiger charge is -2.39. The number of carboxylic acid groups (broad SMARTS) is 1. The van der Waals surface area contributed by atoms with Gasteiger partial charge in [0.15, 0.2) is 0 Å². The number of piperidine rings is 1. The number of aryl methyl sites for hydroxylation is 1. The van der Waals surface area contributed by atoms with Crippen LogP contribution in [-0.2, 0) is 18.4 Å². The Balaban J connectivity index is 1.59. The summed E-state index contributed by atoms with van der Waals surface area (Å²) in [6, 6.07) is 8.12. The third-order valence-electron chi connectivity index (χ3n) is 5.85. The first-order chi connectivity index (χ1) is 11.5. The average molecular weight is 328 g/mol. The van der Waals surface area contributed by atoms with Crippen LogP contribution in [0.1, 0.15) is 12.2 Å². The first kappa shape index (κ1) is 15.6. The molecule has 24 heavy (non-hydrogen) atoms. The first-order valence-electron chi connectivity index (χ1n) is 8.54. The largest absolute Gasteiger partial charge is 0.481 e. The Hall–Kier alpha value is -1.92. The smallest absolute Gasteiger partial charge is 0.312 e. The molecule has 0 aliphatic carbocycles. The molecule has 6 nitrogen and oxygen atoms in total. The number of hydrogen-bond acceptors (Lipinski definition) is 4. The zero-order chi connectivity index (χ0) is 16.9. The maximum atomic E-state index is 12.0. The first-order valence-corrected chi connectivity index (χ1v) is 8.54. The van der Waals surface area contributed by atoms with Gasteiger partial charge >= 0.3 is 5.97 Å². The molecule has 3 heterocycles. The van der Waals surface area contributed by atoms with Crippen molar-refractivity contribution in [2.45, 2.75) is 13.0 Å². The lowest BCUT2D eigenvalue weighted by atomic mass is 9.73. The summed E-state index contributed by atoms with van der Waals surface area (Å²) >= 11 is 0. The van der Waals surface area contributed by atoms with Crippen LogP contribution in [0.5, 0.6) is 0 Å². The van der Waals surface area contributed by atoms with E-state index in [4.69, 9.17) is 4.98 Å². The third kappa shape index (κ3) is 2.32. The summed E-state index contributed by atoms with van der Waals surface area (Å²) in [7, 11) is 4.06. The molecular formula is C18H24N4O2. The maximum Gasteiger partial charge on any atom is 0.312 e. The zero-order valence-electron chi connectivity index (χ0n) is 14.3. The fraction of sp³-hybridized carbons (Fsp3) is 0.556. The Morgan fingerprint density at radius 3 is 2.88 bits per heavy atom. The highest BCUT2D eigenvalue weighted by Crippen LogP contribution is 2.42. The molecule has 2 aliphatic rings. The molecular weight excluding hydrogens is 304 g/mol. The second-order valence-corrected chi connectivity index (χ2v) is 7.43. The maximum absolute atomic E-state index is 12.0. The average Bonchev–Trinajstić information content (AvgIpc) is 3.07. The van der Waals surface area contributed by atoms with Gasteiger partial charge in [-0.2, -0.15) is 0 Å². The molecule has 4 rings (SSSR count). The topological polar surface area (TPSA) is 61.6 Å². The van der Waals surface area contributed by atoms with Gasteiger partial charge in [-0.15, -0.1) is 0 Å². The number of benzene rings is 1. The van der Waals surface area contributed by atoms with Crippen molar-refractivity contribution < 1.29 is 9.90 Å². The van der Waals surface area contributed by atoms with E-state index in [2.05, 4.69) is 20.4 Å². The molecule has 0 bridgehead atoms. The van der Waals surface area contributed by atoms with Gasteiger partial charge in [0.1, 0.15) is 5.82 Å². The fourth-order valence-corrected chi connectivity index (χ4v) is 4.53. The van der Waals surface area contributed by atoms with Crippen LogP contribution < -0.4 is 0 Å². The number of carbonyl (C=O) groups is 1. The number of likely N-dealkylation sites (tertiary alicyclic amines) is 2. The van der Waals surface area contributed by atoms with Gasteiger partial charge in [-0.1, -0.05) is 12.1 Å². The monoisotopic (exact) mass is 328 g/mol. The predicted octanol–water partition coefficient (Wildman–Crippen LogP) is 1.41. The summed E-state index contributed by atoms with van der Waals surface area (Å²) < 4.78 is 2.12. The zero-order valence-corrected chi connectivity index (χ0v) is 14.3. The normalized spacial score (nSPS) is 28.3. The van der Waals surface area contributed by atoms with Crippen LogP contribution in [0, 0.1) is 11.3 Å². The minimum absolute atomic E-state index is 0.237. The van der Waals surface area contributed by atoms with Crippen LogP contribution in [0.15, 0.2) is 24.3 Å². The Kier molecular flexibility index (Phi) is 3.62. The van der Waals surface area contributed by atoms with Gasteiger partial charge in [0, 0.05) is 26.7 Å². The van der Waals surface area contributed by atoms with E-state index >= 15 is 0 Å². The fourth-order valence-electron chi connectivity index (χ4n) is 4.53. The lowest BCUT2D eigenvalue weighted by molar-refractivity contribution is -0.153. The van der Waals surface area contributed by atoms with E-state index < -0.39 is 11.4 Å². The van der Waals surface area contributed by atoms with Crippen molar-refractivity contribution in [3.05, 3.63) is 30.1 Å². The predicted molar refractivity (Wildman–Crippen MR) is 91.7 cm³/mol. The second-order valence-electron chi connectivity index (χ2n) is 7.43. The summed E-state index contributed by atoms with van der Waals surface area (Å²) in [5.74, 6) is 0.594. The molecule has 2 unspecified atom stereocenters. The number of rotatable bonds is 3. The molecule has 0 radical (unpaired) electrons. The van der Waals surface area contributed by atoms with Gasteiger partial charge in [-0.3, -0.25) is 9.69 Å². The van der Waals surface area contributed by atoms with Crippen molar-refractivity contribution in [2.75, 3.05) is 33.2 Å². The van der Waals surface area contributed by atoms with E-state index in [1.54, 1.807) is 0 Å². The standard InChI is InChI=1S/C18H24N4O2/c1-20-8-7-13-9-22(12-18(13,11-20)17(23)24)10-16-19-14-5-3-4-6-15(14)21(16)2/h3-6,13H,7-12H2,1-2H3,(H,23,24). The molecule has 2 aromatic rings. The van der Waals surface area contributed by atoms with E-state index in [0.29, 0.717) is 19.6 Å². The summed E-state index contributed by atoms with van der Waals surface area (Å²) in [4.78, 5) is 21.2. The van der Waals surface area contributed by atoms with Gasteiger partial charge in [-0.25, -0.2) is 4.98 Å². The van der Waals surface area contributed by atoms with Crippen LogP contribution in [0.25, 0.3) is 11.0 Å². The lowest BCUT2D eigenvalue weighted by Crippen LogP contribution is -2.52. The number of nitrogens with zero attached hydrogens (tertiary/aromatic N) is 4. The van der Waals surface area contributed by atoms with Crippen molar-refractivity contribution in [1.29, 1.82) is 0 Å². The summed E-state index contributed by atoms with van der Waals surface area (Å²) in [5.41, 5.74) is 1.49. The van der Waals surface area contributed by atoms with Crippen LogP contribution in [0.3, 0.4) is 0 Å². The Bertz CT molecular complexity index is 786. The molecule has 2 fully saturated rings. The molecule has 1 N–H and O–H groups in total. The van der Waals surface area contributed by atoms with Gasteiger partial charge < -0.3 is 14.6 Å². The van der Waals surface area contributed by atoms with Crippen LogP contribution in [0.4, 0.5) is 0 Å². The molecule has 2 aliphatic heterocycles.